The summed E-state index contributed by atoms with van der Waals surface area (Å²) >= 11 is 0. The standard InChI is InChI=1S/C20H18FNO3/c1-12(2)13-3-5-14(6-4-13)19-17(11-18(23)24)22-20(25-19)15-7-9-16(21)10-8-15/h3-10,12H,11H2,1-2H3,(H,23,24). The molecule has 128 valence electrons. The van der Waals surface area contributed by atoms with Crippen LogP contribution in [0.4, 0.5) is 4.39 Å². The molecule has 0 saturated carbocycles. The van der Waals surface area contributed by atoms with Gasteiger partial charge in [0.15, 0.2) is 5.76 Å². The van der Waals surface area contributed by atoms with Gasteiger partial charge in [-0.3, -0.25) is 4.79 Å². The summed E-state index contributed by atoms with van der Waals surface area (Å²) in [6.45, 7) is 4.21. The van der Waals surface area contributed by atoms with Crippen molar-refractivity contribution in [2.45, 2.75) is 26.2 Å². The van der Waals surface area contributed by atoms with Crippen LogP contribution < -0.4 is 0 Å². The molecule has 0 aliphatic heterocycles. The molecule has 5 heteroatoms. The van der Waals surface area contributed by atoms with Gasteiger partial charge in [-0.15, -0.1) is 0 Å². The number of rotatable bonds is 5. The third kappa shape index (κ3) is 3.76. The molecule has 0 aliphatic carbocycles. The van der Waals surface area contributed by atoms with E-state index in [2.05, 4.69) is 18.8 Å². The average molecular weight is 339 g/mol. The van der Waals surface area contributed by atoms with Crippen molar-refractivity contribution < 1.29 is 18.7 Å². The molecular weight excluding hydrogens is 321 g/mol. The number of carbonyl (C=O) groups is 1. The molecule has 0 aliphatic rings. The van der Waals surface area contributed by atoms with Gasteiger partial charge in [-0.25, -0.2) is 9.37 Å². The molecule has 4 nitrogen and oxygen atoms in total. The van der Waals surface area contributed by atoms with Crippen LogP contribution in [0.5, 0.6) is 0 Å². The smallest absolute Gasteiger partial charge is 0.309 e. The van der Waals surface area contributed by atoms with E-state index < -0.39 is 5.97 Å². The molecule has 0 radical (unpaired) electrons. The van der Waals surface area contributed by atoms with Crippen molar-refractivity contribution in [2.75, 3.05) is 0 Å². The average Bonchev–Trinajstić information content (AvgIpc) is 2.98. The second-order valence-electron chi connectivity index (χ2n) is 6.15. The first kappa shape index (κ1) is 16.9. The van der Waals surface area contributed by atoms with Crippen molar-refractivity contribution in [3.05, 3.63) is 65.6 Å². The molecule has 0 fully saturated rings. The second-order valence-corrected chi connectivity index (χ2v) is 6.15. The van der Waals surface area contributed by atoms with E-state index in [-0.39, 0.29) is 18.1 Å². The minimum Gasteiger partial charge on any atom is -0.481 e. The largest absolute Gasteiger partial charge is 0.481 e. The van der Waals surface area contributed by atoms with Crippen molar-refractivity contribution in [1.82, 2.24) is 4.98 Å². The normalized spacial score (nSPS) is 11.0. The number of nitrogens with zero attached hydrogens (tertiary/aromatic N) is 1. The predicted molar refractivity (Wildman–Crippen MR) is 92.8 cm³/mol. The summed E-state index contributed by atoms with van der Waals surface area (Å²) < 4.78 is 18.9. The minimum atomic E-state index is -0.987. The molecule has 1 heterocycles. The molecule has 0 saturated heterocycles. The molecule has 1 N–H and O–H groups in total. The van der Waals surface area contributed by atoms with Crippen molar-refractivity contribution in [3.63, 3.8) is 0 Å². The summed E-state index contributed by atoms with van der Waals surface area (Å²) in [5.74, 6) is -0.238. The molecule has 0 amide bonds. The van der Waals surface area contributed by atoms with Gasteiger partial charge in [0.05, 0.1) is 12.1 Å². The van der Waals surface area contributed by atoms with E-state index in [1.165, 1.54) is 17.7 Å². The highest BCUT2D eigenvalue weighted by Crippen LogP contribution is 2.31. The highest BCUT2D eigenvalue weighted by molar-refractivity contribution is 5.74. The first-order valence-electron chi connectivity index (χ1n) is 8.02. The molecule has 3 aromatic rings. The van der Waals surface area contributed by atoms with Crippen LogP contribution in [0, 0.1) is 5.82 Å². The van der Waals surface area contributed by atoms with Crippen LogP contribution in [0.25, 0.3) is 22.8 Å². The number of aliphatic carboxylic acids is 1. The molecule has 2 aromatic carbocycles. The number of carboxylic acid groups (broad SMARTS) is 1. The first-order chi connectivity index (χ1) is 11.9. The number of hydrogen-bond donors (Lipinski definition) is 1. The predicted octanol–water partition coefficient (Wildman–Crippen LogP) is 4.90. The lowest BCUT2D eigenvalue weighted by Gasteiger charge is -2.06. The van der Waals surface area contributed by atoms with Gasteiger partial charge in [0, 0.05) is 11.1 Å². The van der Waals surface area contributed by atoms with Gasteiger partial charge in [0.1, 0.15) is 5.82 Å². The van der Waals surface area contributed by atoms with Gasteiger partial charge in [-0.2, -0.15) is 0 Å². The van der Waals surface area contributed by atoms with Gasteiger partial charge in [0.2, 0.25) is 5.89 Å². The van der Waals surface area contributed by atoms with E-state index >= 15 is 0 Å². The Morgan fingerprint density at radius 3 is 2.24 bits per heavy atom. The summed E-state index contributed by atoms with van der Waals surface area (Å²) in [6.07, 6.45) is -0.244. The lowest BCUT2D eigenvalue weighted by molar-refractivity contribution is -0.136. The van der Waals surface area contributed by atoms with Crippen LogP contribution in [0.15, 0.2) is 52.9 Å². The maximum Gasteiger partial charge on any atom is 0.309 e. The lowest BCUT2D eigenvalue weighted by Crippen LogP contribution is -2.01. The second kappa shape index (κ2) is 6.89. The van der Waals surface area contributed by atoms with Crippen LogP contribution >= 0.6 is 0 Å². The van der Waals surface area contributed by atoms with E-state index in [1.807, 2.05) is 24.3 Å². The van der Waals surface area contributed by atoms with E-state index in [9.17, 15) is 9.18 Å². The van der Waals surface area contributed by atoms with Crippen LogP contribution in [-0.4, -0.2) is 16.1 Å². The van der Waals surface area contributed by atoms with Gasteiger partial charge >= 0.3 is 5.97 Å². The van der Waals surface area contributed by atoms with Crippen LogP contribution in [0.1, 0.15) is 31.0 Å². The monoisotopic (exact) mass is 339 g/mol. The summed E-state index contributed by atoms with van der Waals surface area (Å²) in [7, 11) is 0. The van der Waals surface area contributed by atoms with Crippen molar-refractivity contribution >= 4 is 5.97 Å². The molecule has 0 unspecified atom stereocenters. The Morgan fingerprint density at radius 1 is 1.08 bits per heavy atom. The number of hydrogen-bond acceptors (Lipinski definition) is 3. The van der Waals surface area contributed by atoms with E-state index in [4.69, 9.17) is 9.52 Å². The van der Waals surface area contributed by atoms with Gasteiger partial charge in [-0.1, -0.05) is 38.1 Å². The number of carboxylic acids is 1. The van der Waals surface area contributed by atoms with E-state index in [1.54, 1.807) is 12.1 Å². The minimum absolute atomic E-state index is 0.244. The summed E-state index contributed by atoms with van der Waals surface area (Å²) in [4.78, 5) is 15.5. The maximum atomic E-state index is 13.1. The summed E-state index contributed by atoms with van der Waals surface area (Å²) in [5.41, 5.74) is 2.89. The highest BCUT2D eigenvalue weighted by atomic mass is 19.1. The SMILES string of the molecule is CC(C)c1ccc(-c2oc(-c3ccc(F)cc3)nc2CC(=O)O)cc1. The van der Waals surface area contributed by atoms with E-state index in [0.717, 1.165) is 5.56 Å². The fraction of sp³-hybridized carbons (Fsp3) is 0.200. The maximum absolute atomic E-state index is 13.1. The molecule has 3 rings (SSSR count). The Balaban J connectivity index is 2.04. The fourth-order valence-electron chi connectivity index (χ4n) is 2.58. The van der Waals surface area contributed by atoms with Crippen molar-refractivity contribution in [1.29, 1.82) is 0 Å². The quantitative estimate of drug-likeness (QED) is 0.718. The number of oxazole rings is 1. The first-order valence-corrected chi connectivity index (χ1v) is 8.02. The molecular formula is C20H18FNO3. The zero-order valence-electron chi connectivity index (χ0n) is 14.0. The molecule has 0 bridgehead atoms. The van der Waals surface area contributed by atoms with Gasteiger partial charge in [-0.05, 0) is 35.7 Å². The third-order valence-corrected chi connectivity index (χ3v) is 3.95. The van der Waals surface area contributed by atoms with Crippen LogP contribution in [0.2, 0.25) is 0 Å². The van der Waals surface area contributed by atoms with Gasteiger partial charge < -0.3 is 9.52 Å². The van der Waals surface area contributed by atoms with Crippen LogP contribution in [0.3, 0.4) is 0 Å². The molecule has 0 spiro atoms. The number of aromatic nitrogens is 1. The zero-order chi connectivity index (χ0) is 18.0. The Labute approximate surface area is 145 Å². The molecule has 25 heavy (non-hydrogen) atoms. The Hall–Kier alpha value is -2.95. The Bertz CT molecular complexity index is 880. The number of halogens is 1. The van der Waals surface area contributed by atoms with Crippen molar-refractivity contribution in [3.8, 4) is 22.8 Å². The summed E-state index contributed by atoms with van der Waals surface area (Å²) in [5, 5.41) is 9.14. The topological polar surface area (TPSA) is 63.3 Å². The third-order valence-electron chi connectivity index (χ3n) is 3.95. The highest BCUT2D eigenvalue weighted by Gasteiger charge is 2.19. The fourth-order valence-corrected chi connectivity index (χ4v) is 2.58. The van der Waals surface area contributed by atoms with E-state index in [0.29, 0.717) is 22.9 Å². The Morgan fingerprint density at radius 2 is 1.68 bits per heavy atom. The molecule has 0 atom stereocenters. The van der Waals surface area contributed by atoms with Crippen molar-refractivity contribution in [2.24, 2.45) is 0 Å². The van der Waals surface area contributed by atoms with Gasteiger partial charge in [0.25, 0.3) is 0 Å². The van der Waals surface area contributed by atoms with Crippen LogP contribution in [-0.2, 0) is 11.2 Å². The lowest BCUT2D eigenvalue weighted by atomic mass is 10.0. The Kier molecular flexibility index (Phi) is 4.65. The summed E-state index contributed by atoms with van der Waals surface area (Å²) in [6, 6.07) is 13.5. The molecule has 1 aromatic heterocycles. The zero-order valence-corrected chi connectivity index (χ0v) is 14.0. The number of benzene rings is 2.